The zero-order valence-electron chi connectivity index (χ0n) is 9.60. The Bertz CT molecular complexity index is 397. The molecule has 17 heavy (non-hydrogen) atoms. The maximum atomic E-state index is 12.3. The number of hydrogen-bond acceptors (Lipinski definition) is 3. The zero-order chi connectivity index (χ0) is 13.0. The van der Waals surface area contributed by atoms with Crippen LogP contribution in [0.1, 0.15) is 24.3 Å². The smallest absolute Gasteiger partial charge is 0.276 e. The third kappa shape index (κ3) is 3.37. The SMILES string of the molecule is CC(C)N(CC(F)F)C(=O)c1ncccc1O. The molecule has 0 aromatic carbocycles. The van der Waals surface area contributed by atoms with Gasteiger partial charge in [-0.25, -0.2) is 13.8 Å². The summed E-state index contributed by atoms with van der Waals surface area (Å²) in [6.07, 6.45) is -1.29. The Morgan fingerprint density at radius 3 is 2.65 bits per heavy atom. The van der Waals surface area contributed by atoms with Crippen molar-refractivity contribution in [2.75, 3.05) is 6.54 Å². The van der Waals surface area contributed by atoms with Gasteiger partial charge in [0.25, 0.3) is 12.3 Å². The van der Waals surface area contributed by atoms with Crippen molar-refractivity contribution in [2.24, 2.45) is 0 Å². The van der Waals surface area contributed by atoms with Crippen LogP contribution in [0.25, 0.3) is 0 Å². The summed E-state index contributed by atoms with van der Waals surface area (Å²) in [5, 5.41) is 9.45. The van der Waals surface area contributed by atoms with Gasteiger partial charge in [0.15, 0.2) is 5.69 Å². The number of aromatic hydroxyl groups is 1. The van der Waals surface area contributed by atoms with Gasteiger partial charge >= 0.3 is 0 Å². The normalized spacial score (nSPS) is 10.9. The maximum Gasteiger partial charge on any atom is 0.276 e. The first-order valence-electron chi connectivity index (χ1n) is 5.16. The molecule has 4 nitrogen and oxygen atoms in total. The van der Waals surface area contributed by atoms with Gasteiger partial charge in [-0.1, -0.05) is 0 Å². The van der Waals surface area contributed by atoms with E-state index in [2.05, 4.69) is 4.98 Å². The summed E-state index contributed by atoms with van der Waals surface area (Å²) in [6.45, 7) is 2.58. The van der Waals surface area contributed by atoms with Crippen molar-refractivity contribution in [1.29, 1.82) is 0 Å². The molecule has 1 aromatic rings. The Labute approximate surface area is 97.9 Å². The highest BCUT2D eigenvalue weighted by atomic mass is 19.3. The fraction of sp³-hybridized carbons (Fsp3) is 0.455. The van der Waals surface area contributed by atoms with Crippen molar-refractivity contribution in [1.82, 2.24) is 9.88 Å². The standard InChI is InChI=1S/C11H14F2N2O2/c1-7(2)15(6-9(12)13)11(17)10-8(16)4-3-5-14-10/h3-5,7,9,16H,6H2,1-2H3. The maximum absolute atomic E-state index is 12.3. The second-order valence-electron chi connectivity index (χ2n) is 3.81. The lowest BCUT2D eigenvalue weighted by atomic mass is 10.2. The molecule has 0 radical (unpaired) electrons. The Kier molecular flexibility index (Phi) is 4.37. The number of carbonyl (C=O) groups is 1. The van der Waals surface area contributed by atoms with E-state index in [-0.39, 0.29) is 11.4 Å². The average Bonchev–Trinajstić information content (AvgIpc) is 2.25. The molecule has 0 unspecified atom stereocenters. The van der Waals surface area contributed by atoms with E-state index >= 15 is 0 Å². The van der Waals surface area contributed by atoms with Crippen LogP contribution in [0.5, 0.6) is 5.75 Å². The molecule has 0 aliphatic heterocycles. The summed E-state index contributed by atoms with van der Waals surface area (Å²) >= 11 is 0. The van der Waals surface area contributed by atoms with Crippen molar-refractivity contribution < 1.29 is 18.7 Å². The van der Waals surface area contributed by atoms with Crippen LogP contribution in [-0.2, 0) is 0 Å². The quantitative estimate of drug-likeness (QED) is 0.880. The molecular weight excluding hydrogens is 230 g/mol. The molecule has 6 heteroatoms. The monoisotopic (exact) mass is 244 g/mol. The van der Waals surface area contributed by atoms with Crippen LogP contribution < -0.4 is 0 Å². The Hall–Kier alpha value is -1.72. The number of carbonyl (C=O) groups excluding carboxylic acids is 1. The molecule has 0 aliphatic rings. The lowest BCUT2D eigenvalue weighted by Gasteiger charge is -2.26. The van der Waals surface area contributed by atoms with Gasteiger partial charge in [-0.3, -0.25) is 4.79 Å². The Balaban J connectivity index is 2.96. The molecule has 1 rings (SSSR count). The summed E-state index contributed by atoms with van der Waals surface area (Å²) in [4.78, 5) is 16.6. The van der Waals surface area contributed by atoms with E-state index in [0.717, 1.165) is 4.90 Å². The minimum absolute atomic E-state index is 0.207. The lowest BCUT2D eigenvalue weighted by Crippen LogP contribution is -2.40. The van der Waals surface area contributed by atoms with Crippen LogP contribution in [0.2, 0.25) is 0 Å². The van der Waals surface area contributed by atoms with E-state index < -0.39 is 24.9 Å². The molecule has 94 valence electrons. The van der Waals surface area contributed by atoms with Gasteiger partial charge in [0, 0.05) is 12.2 Å². The van der Waals surface area contributed by atoms with Gasteiger partial charge < -0.3 is 10.0 Å². The number of pyridine rings is 1. The molecule has 0 bridgehead atoms. The zero-order valence-corrected chi connectivity index (χ0v) is 9.60. The molecule has 1 amide bonds. The highest BCUT2D eigenvalue weighted by Crippen LogP contribution is 2.17. The van der Waals surface area contributed by atoms with E-state index in [1.165, 1.54) is 18.3 Å². The van der Waals surface area contributed by atoms with Gasteiger partial charge in [0.05, 0.1) is 6.54 Å². The third-order valence-corrected chi connectivity index (χ3v) is 2.21. The largest absolute Gasteiger partial charge is 0.505 e. The summed E-state index contributed by atoms with van der Waals surface area (Å²) in [7, 11) is 0. The first-order chi connectivity index (χ1) is 7.93. The number of aromatic nitrogens is 1. The van der Waals surface area contributed by atoms with Gasteiger partial charge in [0.2, 0.25) is 0 Å². The van der Waals surface area contributed by atoms with Crippen molar-refractivity contribution in [3.63, 3.8) is 0 Å². The van der Waals surface area contributed by atoms with E-state index in [9.17, 15) is 18.7 Å². The van der Waals surface area contributed by atoms with Crippen molar-refractivity contribution in [2.45, 2.75) is 26.3 Å². The predicted octanol–water partition coefficient (Wildman–Crippen LogP) is 1.90. The highest BCUT2D eigenvalue weighted by molar-refractivity contribution is 5.94. The second-order valence-corrected chi connectivity index (χ2v) is 3.81. The third-order valence-electron chi connectivity index (χ3n) is 2.21. The highest BCUT2D eigenvalue weighted by Gasteiger charge is 2.25. The van der Waals surface area contributed by atoms with E-state index in [1.54, 1.807) is 13.8 Å². The molecule has 1 heterocycles. The molecule has 0 aliphatic carbocycles. The number of nitrogens with zero attached hydrogens (tertiary/aromatic N) is 2. The van der Waals surface area contributed by atoms with Crippen molar-refractivity contribution in [3.05, 3.63) is 24.0 Å². The van der Waals surface area contributed by atoms with Gasteiger partial charge in [-0.2, -0.15) is 0 Å². The number of amides is 1. The van der Waals surface area contributed by atoms with Crippen LogP contribution in [0.4, 0.5) is 8.78 Å². The summed E-state index contributed by atoms with van der Waals surface area (Å²) in [5.41, 5.74) is -0.207. The first-order valence-corrected chi connectivity index (χ1v) is 5.16. The summed E-state index contributed by atoms with van der Waals surface area (Å²) in [6, 6.07) is 2.36. The van der Waals surface area contributed by atoms with Gasteiger partial charge in [0.1, 0.15) is 5.75 Å². The van der Waals surface area contributed by atoms with E-state index in [0.29, 0.717) is 0 Å². The van der Waals surface area contributed by atoms with Crippen LogP contribution in [-0.4, -0.2) is 39.9 Å². The number of alkyl halides is 2. The summed E-state index contributed by atoms with van der Waals surface area (Å²) < 4.78 is 24.7. The van der Waals surface area contributed by atoms with E-state index in [1.807, 2.05) is 0 Å². The fourth-order valence-electron chi connectivity index (χ4n) is 1.37. The average molecular weight is 244 g/mol. The fourth-order valence-corrected chi connectivity index (χ4v) is 1.37. The Morgan fingerprint density at radius 1 is 1.53 bits per heavy atom. The molecule has 0 spiro atoms. The first kappa shape index (κ1) is 13.3. The minimum Gasteiger partial charge on any atom is -0.505 e. The second kappa shape index (κ2) is 5.56. The van der Waals surface area contributed by atoms with Crippen LogP contribution in [0, 0.1) is 0 Å². The number of hydrogen-bond donors (Lipinski definition) is 1. The van der Waals surface area contributed by atoms with Crippen LogP contribution in [0.15, 0.2) is 18.3 Å². The number of halogens is 2. The topological polar surface area (TPSA) is 53.4 Å². The summed E-state index contributed by atoms with van der Waals surface area (Å²) in [5.74, 6) is -1.00. The van der Waals surface area contributed by atoms with Crippen LogP contribution in [0.3, 0.4) is 0 Å². The molecule has 1 aromatic heterocycles. The predicted molar refractivity (Wildman–Crippen MR) is 58.1 cm³/mol. The molecular formula is C11H14F2N2O2. The molecule has 0 atom stereocenters. The van der Waals surface area contributed by atoms with Gasteiger partial charge in [-0.05, 0) is 26.0 Å². The van der Waals surface area contributed by atoms with Gasteiger partial charge in [-0.15, -0.1) is 0 Å². The molecule has 0 fully saturated rings. The van der Waals surface area contributed by atoms with E-state index in [4.69, 9.17) is 0 Å². The lowest BCUT2D eigenvalue weighted by molar-refractivity contribution is 0.0468. The van der Waals surface area contributed by atoms with Crippen LogP contribution >= 0.6 is 0 Å². The van der Waals surface area contributed by atoms with Crippen molar-refractivity contribution in [3.8, 4) is 5.75 Å². The Morgan fingerprint density at radius 2 is 2.18 bits per heavy atom. The number of rotatable bonds is 4. The minimum atomic E-state index is -2.62. The molecule has 1 N–H and O–H groups in total. The van der Waals surface area contributed by atoms with Crippen molar-refractivity contribution >= 4 is 5.91 Å². The molecule has 0 saturated heterocycles. The molecule has 0 saturated carbocycles.